The fourth-order valence-corrected chi connectivity index (χ4v) is 8.76. The highest BCUT2D eigenvalue weighted by atomic mass is 16.7. The SMILES string of the molecule is CCCNC(=O)CCCC(=O)NC(COCCC(=O)NCCC)(COCCC(=O)NCC(C)CC(C)COC1OC(CO)C(O)C(O)C1NC(C)=O)COCCC(=O)NCC(C)CC(C)COC(OC(CO)[C@@H](C)O)[C@H](CO)NC(C)=O. The Morgan fingerprint density at radius 1 is 0.610 bits per heavy atom. The number of aliphatic hydroxyl groups is 6. The van der Waals surface area contributed by atoms with Gasteiger partial charge in [0.05, 0.1) is 78.8 Å². The van der Waals surface area contributed by atoms with E-state index >= 15 is 0 Å². The first-order valence-corrected chi connectivity index (χ1v) is 29.0. The summed E-state index contributed by atoms with van der Waals surface area (Å²) in [4.78, 5) is 88.1. The van der Waals surface area contributed by atoms with Gasteiger partial charge in [-0.1, -0.05) is 41.5 Å². The highest BCUT2D eigenvalue weighted by molar-refractivity contribution is 5.79. The Hall–Kier alpha value is -4.23. The largest absolute Gasteiger partial charge is 0.394 e. The van der Waals surface area contributed by atoms with Crippen LogP contribution in [0.3, 0.4) is 0 Å². The Bertz CT molecular complexity index is 1830. The molecule has 82 heavy (non-hydrogen) atoms. The Labute approximate surface area is 484 Å². The molecule has 1 saturated heterocycles. The third kappa shape index (κ3) is 33.3. The van der Waals surface area contributed by atoms with Gasteiger partial charge in [0, 0.05) is 72.1 Å². The van der Waals surface area contributed by atoms with Crippen molar-refractivity contribution in [3.8, 4) is 0 Å². The maximum absolute atomic E-state index is 13.6. The Kier molecular flexibility index (Phi) is 40.1. The number of carbonyl (C=O) groups is 7. The van der Waals surface area contributed by atoms with Gasteiger partial charge in [-0.05, 0) is 62.7 Å². The normalized spacial score (nSPS) is 20.8. The molecular weight excluding hydrogens is 1080 g/mol. The zero-order valence-electron chi connectivity index (χ0n) is 50.1. The molecule has 0 aliphatic carbocycles. The minimum Gasteiger partial charge on any atom is -0.394 e. The van der Waals surface area contributed by atoms with Gasteiger partial charge in [-0.15, -0.1) is 0 Å². The van der Waals surface area contributed by atoms with Crippen LogP contribution in [0.25, 0.3) is 0 Å². The lowest BCUT2D eigenvalue weighted by Gasteiger charge is -2.42. The van der Waals surface area contributed by atoms with Gasteiger partial charge in [-0.3, -0.25) is 33.6 Å². The summed E-state index contributed by atoms with van der Waals surface area (Å²) in [6.07, 6.45) is -5.45. The van der Waals surface area contributed by atoms with Gasteiger partial charge in [0.25, 0.3) is 0 Å². The smallest absolute Gasteiger partial charge is 0.222 e. The number of nitrogens with one attached hydrogen (secondary N) is 7. The molecule has 0 aromatic rings. The van der Waals surface area contributed by atoms with Crippen LogP contribution < -0.4 is 37.2 Å². The molecule has 27 heteroatoms. The third-order valence-corrected chi connectivity index (χ3v) is 13.1. The van der Waals surface area contributed by atoms with E-state index in [1.807, 2.05) is 41.5 Å². The van der Waals surface area contributed by atoms with Crippen LogP contribution in [0, 0.1) is 23.7 Å². The van der Waals surface area contributed by atoms with Gasteiger partial charge in [-0.2, -0.15) is 0 Å². The molecule has 1 rings (SSSR count). The molecule has 0 spiro atoms. The molecule has 0 saturated carbocycles. The average molecular weight is 1180 g/mol. The molecule has 0 bridgehead atoms. The average Bonchev–Trinajstić information content (AvgIpc) is 3.45. The zero-order chi connectivity index (χ0) is 61.6. The molecule has 7 amide bonds. The number of ether oxygens (including phenoxy) is 7. The molecule has 1 aliphatic rings. The fourth-order valence-electron chi connectivity index (χ4n) is 8.76. The summed E-state index contributed by atoms with van der Waals surface area (Å²) in [5.74, 6) is -2.58. The van der Waals surface area contributed by atoms with E-state index in [2.05, 4.69) is 37.2 Å². The van der Waals surface area contributed by atoms with Crippen molar-refractivity contribution in [2.75, 3.05) is 98.9 Å². The van der Waals surface area contributed by atoms with Crippen LogP contribution in [-0.4, -0.2) is 232 Å². The molecule has 0 radical (unpaired) electrons. The molecule has 12 unspecified atom stereocenters. The summed E-state index contributed by atoms with van der Waals surface area (Å²) in [7, 11) is 0. The highest BCUT2D eigenvalue weighted by Crippen LogP contribution is 2.24. The first-order valence-electron chi connectivity index (χ1n) is 29.0. The number of hydrogen-bond acceptors (Lipinski definition) is 20. The molecule has 478 valence electrons. The maximum Gasteiger partial charge on any atom is 0.222 e. The first-order chi connectivity index (χ1) is 38.9. The third-order valence-electron chi connectivity index (χ3n) is 13.1. The molecule has 13 N–H and O–H groups in total. The van der Waals surface area contributed by atoms with Crippen LogP contribution in [-0.2, 0) is 66.7 Å². The van der Waals surface area contributed by atoms with E-state index < -0.39 is 98.3 Å². The quantitative estimate of drug-likeness (QED) is 0.0241. The maximum atomic E-state index is 13.6. The summed E-state index contributed by atoms with van der Waals surface area (Å²) in [5.41, 5.74) is -1.37. The number of aliphatic hydroxyl groups excluding tert-OH is 6. The lowest BCUT2D eigenvalue weighted by Crippen LogP contribution is -2.64. The molecule has 1 aliphatic heterocycles. The Morgan fingerprint density at radius 2 is 1.10 bits per heavy atom. The topological polar surface area (TPSA) is 390 Å². The lowest BCUT2D eigenvalue weighted by atomic mass is 9.96. The van der Waals surface area contributed by atoms with Gasteiger partial charge >= 0.3 is 0 Å². The molecule has 1 fully saturated rings. The monoisotopic (exact) mass is 1180 g/mol. The summed E-state index contributed by atoms with van der Waals surface area (Å²) in [6, 6.07) is -2.04. The number of rotatable bonds is 47. The van der Waals surface area contributed by atoms with E-state index in [9.17, 15) is 64.2 Å². The van der Waals surface area contributed by atoms with Crippen molar-refractivity contribution in [2.24, 2.45) is 23.7 Å². The van der Waals surface area contributed by atoms with Crippen molar-refractivity contribution in [1.82, 2.24) is 37.2 Å². The predicted molar refractivity (Wildman–Crippen MR) is 299 cm³/mol. The predicted octanol–water partition coefficient (Wildman–Crippen LogP) is -1.60. The van der Waals surface area contributed by atoms with E-state index in [-0.39, 0.29) is 139 Å². The van der Waals surface area contributed by atoms with Gasteiger partial charge in [0.15, 0.2) is 12.6 Å². The van der Waals surface area contributed by atoms with Gasteiger partial charge < -0.3 is 101 Å². The molecule has 0 aromatic carbocycles. The van der Waals surface area contributed by atoms with E-state index in [1.165, 1.54) is 20.8 Å². The number of amides is 7. The second-order valence-corrected chi connectivity index (χ2v) is 21.8. The lowest BCUT2D eigenvalue weighted by molar-refractivity contribution is -0.272. The van der Waals surface area contributed by atoms with Crippen LogP contribution in [0.5, 0.6) is 0 Å². The van der Waals surface area contributed by atoms with Crippen molar-refractivity contribution in [2.45, 2.75) is 187 Å². The fraction of sp³-hybridized carbons (Fsp3) is 0.873. The van der Waals surface area contributed by atoms with E-state index in [0.29, 0.717) is 39.0 Å². The standard InChI is InChI=1S/C55H103N7O20/c1-10-18-56-45(69)13-12-14-49(73)62-55(32-76-20-15-46(70)57-19-11-2,33-77-21-16-47(71)58-25-35(3)23-37(5)30-79-53(42(27-63)60-40(8)67)81-43(28-64)39(7)66)34-78-22-17-48(72)59-26-36(4)24-38(6)31-80-54-50(61-41(9)68)52(75)51(74)44(29-65)82-54/h35-39,42-44,50-54,63-66,74-75H,10-34H2,1-9H3,(H,56,69)(H,57,70)(H,58,71)(H,59,72)(H,60,67)(H,61,68)(H,62,73)/t35?,36?,37?,38?,39-,42+,43?,44?,50?,51?,52?,53?,54?,55?/m1/s1. The molecule has 1 heterocycles. The first kappa shape index (κ1) is 75.8. The van der Waals surface area contributed by atoms with Gasteiger partial charge in [0.1, 0.15) is 42.0 Å². The Morgan fingerprint density at radius 3 is 1.55 bits per heavy atom. The highest BCUT2D eigenvalue weighted by Gasteiger charge is 2.45. The van der Waals surface area contributed by atoms with Gasteiger partial charge in [-0.25, -0.2) is 0 Å². The molecular formula is C55H103N7O20. The van der Waals surface area contributed by atoms with Crippen LogP contribution in [0.2, 0.25) is 0 Å². The molecule has 27 nitrogen and oxygen atoms in total. The summed E-state index contributed by atoms with van der Waals surface area (Å²) < 4.78 is 41.3. The van der Waals surface area contributed by atoms with Crippen molar-refractivity contribution in [3.63, 3.8) is 0 Å². The minimum absolute atomic E-state index is 0.00734. The van der Waals surface area contributed by atoms with Crippen LogP contribution in [0.1, 0.15) is 127 Å². The summed E-state index contributed by atoms with van der Waals surface area (Å²) >= 11 is 0. The van der Waals surface area contributed by atoms with Crippen LogP contribution in [0.15, 0.2) is 0 Å². The van der Waals surface area contributed by atoms with E-state index in [0.717, 1.165) is 12.8 Å². The Balaban J connectivity index is 3.01. The van der Waals surface area contributed by atoms with Crippen LogP contribution in [0.4, 0.5) is 0 Å². The number of carbonyl (C=O) groups excluding carboxylic acids is 7. The van der Waals surface area contributed by atoms with Crippen molar-refractivity contribution in [3.05, 3.63) is 0 Å². The second-order valence-electron chi connectivity index (χ2n) is 21.8. The van der Waals surface area contributed by atoms with Crippen LogP contribution >= 0.6 is 0 Å². The second kappa shape index (κ2) is 43.4. The van der Waals surface area contributed by atoms with Gasteiger partial charge in [0.2, 0.25) is 41.4 Å². The van der Waals surface area contributed by atoms with E-state index in [4.69, 9.17) is 33.2 Å². The van der Waals surface area contributed by atoms with E-state index in [1.54, 1.807) is 0 Å². The molecule has 14 atom stereocenters. The zero-order valence-corrected chi connectivity index (χ0v) is 50.1. The minimum atomic E-state index is -1.44. The number of hydrogen-bond donors (Lipinski definition) is 13. The summed E-state index contributed by atoms with van der Waals surface area (Å²) in [6.45, 7) is 15.1. The van der Waals surface area contributed by atoms with Crippen molar-refractivity contribution >= 4 is 41.4 Å². The van der Waals surface area contributed by atoms with Crippen molar-refractivity contribution in [1.29, 1.82) is 0 Å². The molecule has 0 aromatic heterocycles. The van der Waals surface area contributed by atoms with Crippen molar-refractivity contribution < 1.29 is 97.4 Å². The summed E-state index contributed by atoms with van der Waals surface area (Å²) in [5, 5.41) is 79.7.